The molecule has 0 fully saturated rings. The fourth-order valence-electron chi connectivity index (χ4n) is 0.921. The van der Waals surface area contributed by atoms with Gasteiger partial charge in [0.2, 0.25) is 5.91 Å². The van der Waals surface area contributed by atoms with Crippen LogP contribution in [0.1, 0.15) is 17.9 Å². The van der Waals surface area contributed by atoms with Crippen LogP contribution in [0.4, 0.5) is 5.69 Å². The van der Waals surface area contributed by atoms with Crippen molar-refractivity contribution in [3.05, 3.63) is 24.3 Å². The Morgan fingerprint density at radius 1 is 1.54 bits per heavy atom. The summed E-state index contributed by atoms with van der Waals surface area (Å²) < 4.78 is 26.0. The molecule has 3 heteroatoms. The third-order valence-corrected chi connectivity index (χ3v) is 1.41. The monoisotopic (exact) mass is 182 g/mol. The van der Waals surface area contributed by atoms with Gasteiger partial charge in [0.25, 0.3) is 0 Å². The van der Waals surface area contributed by atoms with E-state index >= 15 is 0 Å². The van der Waals surface area contributed by atoms with E-state index in [1.165, 1.54) is 6.92 Å². The molecule has 0 unspecified atom stereocenters. The zero-order chi connectivity index (χ0) is 12.2. The van der Waals surface area contributed by atoms with Crippen molar-refractivity contribution in [3.8, 4) is 5.75 Å². The van der Waals surface area contributed by atoms with Gasteiger partial charge in [0.05, 0.1) is 6.61 Å². The van der Waals surface area contributed by atoms with Crippen LogP contribution in [-0.2, 0) is 4.79 Å². The molecule has 0 aromatic heterocycles. The fraction of sp³-hybridized carbons (Fsp3) is 0.300. The van der Waals surface area contributed by atoms with E-state index in [1.807, 2.05) is 0 Å². The predicted molar refractivity (Wildman–Crippen MR) is 51.9 cm³/mol. The highest BCUT2D eigenvalue weighted by Gasteiger charge is 1.95. The molecule has 1 aromatic carbocycles. The van der Waals surface area contributed by atoms with E-state index < -0.39 is 6.85 Å². The number of rotatable bonds is 3. The molecular formula is C10H13NO2. The van der Waals surface area contributed by atoms with E-state index in [0.29, 0.717) is 11.4 Å². The molecule has 3 nitrogen and oxygen atoms in total. The number of benzene rings is 1. The van der Waals surface area contributed by atoms with Crippen molar-refractivity contribution in [1.82, 2.24) is 0 Å². The van der Waals surface area contributed by atoms with Gasteiger partial charge in [0.1, 0.15) is 5.75 Å². The van der Waals surface area contributed by atoms with Crippen molar-refractivity contribution in [2.75, 3.05) is 11.9 Å². The molecule has 0 aliphatic heterocycles. The summed E-state index contributed by atoms with van der Waals surface area (Å²) in [5.74, 6) is 0.307. The summed E-state index contributed by atoms with van der Waals surface area (Å²) >= 11 is 0. The van der Waals surface area contributed by atoms with E-state index in [0.717, 1.165) is 0 Å². The number of carbonyl (C=O) groups excluding carboxylic acids is 1. The van der Waals surface area contributed by atoms with E-state index in [-0.39, 0.29) is 12.5 Å². The second-order valence-corrected chi connectivity index (χ2v) is 2.49. The Morgan fingerprint density at radius 3 is 2.77 bits per heavy atom. The quantitative estimate of drug-likeness (QED) is 0.776. The minimum absolute atomic E-state index is 0.156. The molecule has 1 N–H and O–H groups in total. The van der Waals surface area contributed by atoms with Crippen molar-refractivity contribution in [3.63, 3.8) is 0 Å². The Kier molecular flexibility index (Phi) is 2.08. The summed E-state index contributed by atoms with van der Waals surface area (Å²) in [7, 11) is 0. The highest BCUT2D eigenvalue weighted by Crippen LogP contribution is 2.15. The number of hydrogen-bond acceptors (Lipinski definition) is 2. The van der Waals surface area contributed by atoms with Crippen LogP contribution in [0.15, 0.2) is 24.3 Å². The number of nitrogens with one attached hydrogen (secondary N) is 1. The average molecular weight is 182 g/mol. The normalized spacial score (nSPS) is 13.8. The third-order valence-electron chi connectivity index (χ3n) is 1.41. The molecule has 0 radical (unpaired) electrons. The summed E-state index contributed by atoms with van der Waals surface area (Å²) in [5, 5.41) is 2.60. The molecule has 13 heavy (non-hydrogen) atoms. The molecule has 1 amide bonds. The molecule has 0 bridgehead atoms. The first-order valence-corrected chi connectivity index (χ1v) is 3.87. The SMILES string of the molecule is [2H]C([2H])([2H])COc1ccc(NC(C)=O)cc1. The second-order valence-electron chi connectivity index (χ2n) is 2.49. The lowest BCUT2D eigenvalue weighted by Gasteiger charge is -2.04. The molecule has 0 atom stereocenters. The summed E-state index contributed by atoms with van der Waals surface area (Å²) in [6, 6.07) is 6.51. The third kappa shape index (κ3) is 3.15. The van der Waals surface area contributed by atoms with E-state index in [4.69, 9.17) is 8.85 Å². The van der Waals surface area contributed by atoms with Crippen LogP contribution < -0.4 is 10.1 Å². The minimum Gasteiger partial charge on any atom is -0.494 e. The van der Waals surface area contributed by atoms with E-state index in [1.54, 1.807) is 24.3 Å². The van der Waals surface area contributed by atoms with Gasteiger partial charge in [-0.05, 0) is 31.1 Å². The molecule has 0 saturated carbocycles. The van der Waals surface area contributed by atoms with Crippen molar-refractivity contribution in [2.45, 2.75) is 13.8 Å². The van der Waals surface area contributed by atoms with Gasteiger partial charge in [0.15, 0.2) is 0 Å². The van der Waals surface area contributed by atoms with Crippen LogP contribution in [0.3, 0.4) is 0 Å². The lowest BCUT2D eigenvalue weighted by molar-refractivity contribution is -0.114. The zero-order valence-electron chi connectivity index (χ0n) is 10.3. The first-order valence-electron chi connectivity index (χ1n) is 5.37. The van der Waals surface area contributed by atoms with Crippen molar-refractivity contribution >= 4 is 11.6 Å². The maximum Gasteiger partial charge on any atom is 0.221 e. The Balaban J connectivity index is 2.55. The first-order chi connectivity index (χ1) is 7.37. The Morgan fingerprint density at radius 2 is 2.23 bits per heavy atom. The molecule has 70 valence electrons. The van der Waals surface area contributed by atoms with E-state index in [2.05, 4.69) is 5.32 Å². The number of hydrogen-bond donors (Lipinski definition) is 1. The van der Waals surface area contributed by atoms with Gasteiger partial charge < -0.3 is 10.1 Å². The molecule has 1 aromatic rings. The van der Waals surface area contributed by atoms with Gasteiger partial charge in [-0.25, -0.2) is 0 Å². The van der Waals surface area contributed by atoms with Gasteiger partial charge >= 0.3 is 0 Å². The molecule has 0 aliphatic carbocycles. The Bertz CT molecular complexity index is 359. The van der Waals surface area contributed by atoms with Crippen molar-refractivity contribution < 1.29 is 13.6 Å². The Labute approximate surface area is 81.9 Å². The topological polar surface area (TPSA) is 38.3 Å². The lowest BCUT2D eigenvalue weighted by Crippen LogP contribution is -2.05. The number of carbonyl (C=O) groups is 1. The lowest BCUT2D eigenvalue weighted by atomic mass is 10.3. The van der Waals surface area contributed by atoms with Gasteiger partial charge in [0, 0.05) is 16.7 Å². The van der Waals surface area contributed by atoms with Gasteiger partial charge in [-0.2, -0.15) is 0 Å². The first kappa shape index (κ1) is 6.02. The minimum atomic E-state index is -2.10. The standard InChI is InChI=1S/C10H13NO2/c1-3-13-10-6-4-9(5-7-10)11-8(2)12/h4-7H,3H2,1-2H3,(H,11,12)/i1D3. The van der Waals surface area contributed by atoms with Gasteiger partial charge in [-0.1, -0.05) is 0 Å². The molecule has 0 aliphatic rings. The van der Waals surface area contributed by atoms with Crippen LogP contribution in [0, 0.1) is 0 Å². The Hall–Kier alpha value is -1.51. The predicted octanol–water partition coefficient (Wildman–Crippen LogP) is 2.04. The highest BCUT2D eigenvalue weighted by molar-refractivity contribution is 5.88. The summed E-state index contributed by atoms with van der Waals surface area (Å²) in [5.41, 5.74) is 0.647. The summed E-state index contributed by atoms with van der Waals surface area (Å²) in [4.78, 5) is 10.7. The summed E-state index contributed by atoms with van der Waals surface area (Å²) in [6.07, 6.45) is 0. The maximum absolute atomic E-state index is 10.7. The second kappa shape index (κ2) is 4.50. The van der Waals surface area contributed by atoms with Gasteiger partial charge in [-0.3, -0.25) is 4.79 Å². The molecule has 1 rings (SSSR count). The zero-order valence-corrected chi connectivity index (χ0v) is 7.33. The smallest absolute Gasteiger partial charge is 0.221 e. The highest BCUT2D eigenvalue weighted by atomic mass is 16.5. The number of anilines is 1. The average Bonchev–Trinajstić information content (AvgIpc) is 2.14. The summed E-state index contributed by atoms with van der Waals surface area (Å²) in [6.45, 7) is -1.01. The van der Waals surface area contributed by atoms with Crippen molar-refractivity contribution in [2.24, 2.45) is 0 Å². The van der Waals surface area contributed by atoms with E-state index in [9.17, 15) is 4.79 Å². The molecular weight excluding hydrogens is 166 g/mol. The molecule has 0 heterocycles. The van der Waals surface area contributed by atoms with Crippen LogP contribution in [-0.4, -0.2) is 12.5 Å². The van der Waals surface area contributed by atoms with Crippen LogP contribution >= 0.6 is 0 Å². The van der Waals surface area contributed by atoms with Crippen LogP contribution in [0.25, 0.3) is 0 Å². The number of amides is 1. The maximum atomic E-state index is 10.7. The largest absolute Gasteiger partial charge is 0.494 e. The van der Waals surface area contributed by atoms with Crippen molar-refractivity contribution in [1.29, 1.82) is 0 Å². The van der Waals surface area contributed by atoms with Gasteiger partial charge in [-0.15, -0.1) is 0 Å². The molecule has 0 saturated heterocycles. The molecule has 0 spiro atoms. The van der Waals surface area contributed by atoms with Crippen LogP contribution in [0.5, 0.6) is 5.75 Å². The number of ether oxygens (including phenoxy) is 1. The fourth-order valence-corrected chi connectivity index (χ4v) is 0.921. The van der Waals surface area contributed by atoms with Crippen LogP contribution in [0.2, 0.25) is 0 Å².